The topological polar surface area (TPSA) is 81.4 Å². The maximum Gasteiger partial charge on any atom is 0.244 e. The molecule has 2 unspecified atom stereocenters. The minimum atomic E-state index is -3.57. The largest absolute Gasteiger partial charge is 0.489 e. The molecule has 1 aliphatic rings. The van der Waals surface area contributed by atoms with E-state index in [4.69, 9.17) is 10.5 Å². The minimum Gasteiger partial charge on any atom is -0.489 e. The highest BCUT2D eigenvalue weighted by Gasteiger charge is 2.26. The van der Waals surface area contributed by atoms with Gasteiger partial charge in [-0.3, -0.25) is 0 Å². The Hall–Kier alpha value is -1.27. The molecule has 0 heterocycles. The van der Waals surface area contributed by atoms with Gasteiger partial charge in [-0.05, 0) is 50.4 Å². The van der Waals surface area contributed by atoms with E-state index in [2.05, 4.69) is 11.6 Å². The quantitative estimate of drug-likeness (QED) is 0.834. The SMILES string of the molecule is CNS(=O)(=O)c1cc(N)ccc1OC1CCCCC1C. The Morgan fingerprint density at radius 3 is 2.65 bits per heavy atom. The zero-order valence-electron chi connectivity index (χ0n) is 11.9. The Labute approximate surface area is 120 Å². The van der Waals surface area contributed by atoms with Crippen molar-refractivity contribution in [1.82, 2.24) is 4.72 Å². The summed E-state index contributed by atoms with van der Waals surface area (Å²) in [6.45, 7) is 2.15. The van der Waals surface area contributed by atoms with Crippen molar-refractivity contribution in [2.75, 3.05) is 12.8 Å². The molecule has 0 saturated heterocycles. The highest BCUT2D eigenvalue weighted by Crippen LogP contribution is 2.32. The van der Waals surface area contributed by atoms with Gasteiger partial charge in [0.2, 0.25) is 10.0 Å². The minimum absolute atomic E-state index is 0.0678. The summed E-state index contributed by atoms with van der Waals surface area (Å²) in [5.41, 5.74) is 6.10. The van der Waals surface area contributed by atoms with Crippen LogP contribution in [0, 0.1) is 5.92 Å². The van der Waals surface area contributed by atoms with E-state index in [-0.39, 0.29) is 11.0 Å². The van der Waals surface area contributed by atoms with Gasteiger partial charge >= 0.3 is 0 Å². The van der Waals surface area contributed by atoms with Gasteiger partial charge in [0.15, 0.2) is 0 Å². The second-order valence-electron chi connectivity index (χ2n) is 5.33. The van der Waals surface area contributed by atoms with E-state index >= 15 is 0 Å². The number of nitrogens with two attached hydrogens (primary N) is 1. The third kappa shape index (κ3) is 3.24. The average molecular weight is 298 g/mol. The molecule has 1 aromatic carbocycles. The Bertz CT molecular complexity index is 572. The maximum absolute atomic E-state index is 12.1. The molecule has 0 spiro atoms. The molecule has 1 saturated carbocycles. The van der Waals surface area contributed by atoms with Crippen molar-refractivity contribution in [2.24, 2.45) is 5.92 Å². The normalized spacial score (nSPS) is 23.5. The van der Waals surface area contributed by atoms with Gasteiger partial charge in [-0.1, -0.05) is 13.3 Å². The molecule has 20 heavy (non-hydrogen) atoms. The zero-order valence-corrected chi connectivity index (χ0v) is 12.7. The first-order valence-corrected chi connectivity index (χ1v) is 8.42. The van der Waals surface area contributed by atoms with E-state index in [1.54, 1.807) is 12.1 Å². The first-order chi connectivity index (χ1) is 9.44. The van der Waals surface area contributed by atoms with Crippen molar-refractivity contribution in [3.8, 4) is 5.75 Å². The number of hydrogen-bond donors (Lipinski definition) is 2. The van der Waals surface area contributed by atoms with Crippen LogP contribution in [0.15, 0.2) is 23.1 Å². The summed E-state index contributed by atoms with van der Waals surface area (Å²) in [7, 11) is -2.19. The van der Waals surface area contributed by atoms with Crippen molar-refractivity contribution in [3.63, 3.8) is 0 Å². The van der Waals surface area contributed by atoms with E-state index in [0.29, 0.717) is 17.4 Å². The summed E-state index contributed by atoms with van der Waals surface area (Å²) in [5.74, 6) is 0.818. The molecule has 0 aromatic heterocycles. The van der Waals surface area contributed by atoms with Gasteiger partial charge in [-0.25, -0.2) is 13.1 Å². The number of anilines is 1. The summed E-state index contributed by atoms with van der Waals surface area (Å²) in [5, 5.41) is 0. The van der Waals surface area contributed by atoms with Gasteiger partial charge in [-0.15, -0.1) is 0 Å². The second kappa shape index (κ2) is 6.01. The Balaban J connectivity index is 2.32. The number of nitrogen functional groups attached to an aromatic ring is 1. The van der Waals surface area contributed by atoms with Gasteiger partial charge in [0.25, 0.3) is 0 Å². The smallest absolute Gasteiger partial charge is 0.244 e. The molecule has 0 radical (unpaired) electrons. The van der Waals surface area contributed by atoms with E-state index in [9.17, 15) is 8.42 Å². The Morgan fingerprint density at radius 2 is 2.00 bits per heavy atom. The molecule has 0 amide bonds. The lowest BCUT2D eigenvalue weighted by Crippen LogP contribution is -2.29. The maximum atomic E-state index is 12.1. The van der Waals surface area contributed by atoms with Crippen LogP contribution in [0.3, 0.4) is 0 Å². The summed E-state index contributed by atoms with van der Waals surface area (Å²) < 4.78 is 32.4. The molecule has 6 heteroatoms. The highest BCUT2D eigenvalue weighted by atomic mass is 32.2. The Morgan fingerprint density at radius 1 is 1.30 bits per heavy atom. The molecule has 1 aromatic rings. The van der Waals surface area contributed by atoms with E-state index in [1.165, 1.54) is 19.5 Å². The lowest BCUT2D eigenvalue weighted by atomic mass is 9.88. The number of hydrogen-bond acceptors (Lipinski definition) is 4. The van der Waals surface area contributed by atoms with Crippen LogP contribution in [0.1, 0.15) is 32.6 Å². The van der Waals surface area contributed by atoms with Gasteiger partial charge < -0.3 is 10.5 Å². The summed E-state index contributed by atoms with van der Waals surface area (Å²) >= 11 is 0. The second-order valence-corrected chi connectivity index (χ2v) is 7.19. The number of benzene rings is 1. The van der Waals surface area contributed by atoms with Crippen LogP contribution in [-0.2, 0) is 10.0 Å². The molecule has 1 fully saturated rings. The standard InChI is InChI=1S/C14H22N2O3S/c1-10-5-3-4-6-12(10)19-13-8-7-11(15)9-14(13)20(17,18)16-2/h7-10,12,16H,3-6,15H2,1-2H3. The van der Waals surface area contributed by atoms with Crippen LogP contribution >= 0.6 is 0 Å². The van der Waals surface area contributed by atoms with Crippen LogP contribution in [0.5, 0.6) is 5.75 Å². The number of rotatable bonds is 4. The number of sulfonamides is 1. The fourth-order valence-corrected chi connectivity index (χ4v) is 3.45. The van der Waals surface area contributed by atoms with Crippen molar-refractivity contribution in [3.05, 3.63) is 18.2 Å². The van der Waals surface area contributed by atoms with Gasteiger partial charge in [-0.2, -0.15) is 0 Å². The van der Waals surface area contributed by atoms with Crippen LogP contribution in [0.4, 0.5) is 5.69 Å². The first kappa shape index (κ1) is 15.1. The van der Waals surface area contributed by atoms with Crippen molar-refractivity contribution < 1.29 is 13.2 Å². The Kier molecular flexibility index (Phi) is 4.55. The van der Waals surface area contributed by atoms with Crippen LogP contribution in [0.2, 0.25) is 0 Å². The van der Waals surface area contributed by atoms with Crippen molar-refractivity contribution >= 4 is 15.7 Å². The molecule has 1 aliphatic carbocycles. The highest BCUT2D eigenvalue weighted by molar-refractivity contribution is 7.89. The molecule has 0 bridgehead atoms. The molecular formula is C14H22N2O3S. The van der Waals surface area contributed by atoms with E-state index in [1.807, 2.05) is 0 Å². The lowest BCUT2D eigenvalue weighted by Gasteiger charge is -2.30. The van der Waals surface area contributed by atoms with Crippen LogP contribution < -0.4 is 15.2 Å². The van der Waals surface area contributed by atoms with Gasteiger partial charge in [0.1, 0.15) is 16.7 Å². The number of ether oxygens (including phenoxy) is 1. The molecule has 2 rings (SSSR count). The fraction of sp³-hybridized carbons (Fsp3) is 0.571. The van der Waals surface area contributed by atoms with Gasteiger partial charge in [0.05, 0.1) is 0 Å². The third-order valence-electron chi connectivity index (χ3n) is 3.84. The fourth-order valence-electron chi connectivity index (χ4n) is 2.56. The molecule has 5 nitrogen and oxygen atoms in total. The van der Waals surface area contributed by atoms with Crippen LogP contribution in [-0.4, -0.2) is 21.6 Å². The third-order valence-corrected chi connectivity index (χ3v) is 5.27. The number of nitrogens with one attached hydrogen (secondary N) is 1. The van der Waals surface area contributed by atoms with Crippen molar-refractivity contribution in [1.29, 1.82) is 0 Å². The molecule has 112 valence electrons. The molecule has 3 N–H and O–H groups in total. The first-order valence-electron chi connectivity index (χ1n) is 6.94. The van der Waals surface area contributed by atoms with Crippen LogP contribution in [0.25, 0.3) is 0 Å². The van der Waals surface area contributed by atoms with Gasteiger partial charge in [0, 0.05) is 5.69 Å². The molecule has 0 aliphatic heterocycles. The van der Waals surface area contributed by atoms with E-state index < -0.39 is 10.0 Å². The monoisotopic (exact) mass is 298 g/mol. The molecule has 2 atom stereocenters. The summed E-state index contributed by atoms with van der Waals surface area (Å²) in [4.78, 5) is 0.109. The van der Waals surface area contributed by atoms with Crippen molar-refractivity contribution in [2.45, 2.75) is 43.6 Å². The predicted molar refractivity (Wildman–Crippen MR) is 79.1 cm³/mol. The average Bonchev–Trinajstić information content (AvgIpc) is 2.43. The lowest BCUT2D eigenvalue weighted by molar-refractivity contribution is 0.0993. The summed E-state index contributed by atoms with van der Waals surface area (Å²) in [6.07, 6.45) is 4.49. The molecular weight excluding hydrogens is 276 g/mol. The van der Waals surface area contributed by atoms with E-state index in [0.717, 1.165) is 19.3 Å². The predicted octanol–water partition coefficient (Wildman–Crippen LogP) is 2.13. The summed E-state index contributed by atoms with van der Waals surface area (Å²) in [6, 6.07) is 4.74. The zero-order chi connectivity index (χ0) is 14.8.